The molecular formula is C18H19N3O3S. The lowest BCUT2D eigenvalue weighted by Gasteiger charge is -2.26. The lowest BCUT2D eigenvalue weighted by atomic mass is 10.1. The molecule has 130 valence electrons. The van der Waals surface area contributed by atoms with Gasteiger partial charge in [-0.3, -0.25) is 4.79 Å². The minimum atomic E-state index is -3.47. The molecule has 0 aliphatic carbocycles. The number of nitrogens with zero attached hydrogens (tertiary/aromatic N) is 2. The van der Waals surface area contributed by atoms with E-state index in [0.29, 0.717) is 36.4 Å². The number of hydrogen-bond acceptors (Lipinski definition) is 4. The number of carbonyl (C=O) groups is 1. The predicted octanol–water partition coefficient (Wildman–Crippen LogP) is 2.26. The van der Waals surface area contributed by atoms with Crippen molar-refractivity contribution in [1.82, 2.24) is 9.73 Å². The van der Waals surface area contributed by atoms with Gasteiger partial charge in [-0.05, 0) is 24.3 Å². The van der Waals surface area contributed by atoms with Crippen molar-refractivity contribution in [2.45, 2.75) is 17.7 Å². The van der Waals surface area contributed by atoms with E-state index >= 15 is 0 Å². The summed E-state index contributed by atoms with van der Waals surface area (Å²) in [7, 11) is -3.47. The molecule has 0 radical (unpaired) electrons. The average molecular weight is 357 g/mol. The van der Waals surface area contributed by atoms with Crippen molar-refractivity contribution in [3.05, 3.63) is 66.2 Å². The Labute approximate surface area is 147 Å². The zero-order valence-electron chi connectivity index (χ0n) is 13.6. The number of rotatable bonds is 4. The van der Waals surface area contributed by atoms with Crippen LogP contribution in [-0.4, -0.2) is 37.4 Å². The second kappa shape index (κ2) is 7.58. The van der Waals surface area contributed by atoms with Gasteiger partial charge in [0.2, 0.25) is 10.0 Å². The van der Waals surface area contributed by atoms with E-state index in [2.05, 4.69) is 10.5 Å². The van der Waals surface area contributed by atoms with Gasteiger partial charge >= 0.3 is 0 Å². The molecule has 0 unspecified atom stereocenters. The minimum absolute atomic E-state index is 0.271. The number of hydrazone groups is 1. The van der Waals surface area contributed by atoms with Crippen molar-refractivity contribution in [3.8, 4) is 0 Å². The minimum Gasteiger partial charge on any atom is -0.267 e. The van der Waals surface area contributed by atoms with E-state index in [-0.39, 0.29) is 5.91 Å². The standard InChI is InChI=1S/C18H19N3O3S/c22-18(15-7-3-1-4-8-15)20-19-16-11-13-21(14-12-16)25(23,24)17-9-5-2-6-10-17/h1-10H,11-14H2,(H,20,22). The Hall–Kier alpha value is -2.51. The summed E-state index contributed by atoms with van der Waals surface area (Å²) in [6, 6.07) is 17.2. The van der Waals surface area contributed by atoms with Gasteiger partial charge in [0, 0.05) is 37.2 Å². The molecule has 1 heterocycles. The Kier molecular flexibility index (Phi) is 5.25. The fourth-order valence-corrected chi connectivity index (χ4v) is 4.08. The fraction of sp³-hybridized carbons (Fsp3) is 0.222. The van der Waals surface area contributed by atoms with Gasteiger partial charge < -0.3 is 0 Å². The Balaban J connectivity index is 1.59. The van der Waals surface area contributed by atoms with Gasteiger partial charge in [0.25, 0.3) is 5.91 Å². The van der Waals surface area contributed by atoms with Crippen LogP contribution in [0.2, 0.25) is 0 Å². The Morgan fingerprint density at radius 2 is 1.48 bits per heavy atom. The maximum absolute atomic E-state index is 12.6. The third kappa shape index (κ3) is 4.12. The molecule has 7 heteroatoms. The van der Waals surface area contributed by atoms with Crippen LogP contribution >= 0.6 is 0 Å². The molecule has 3 rings (SSSR count). The fourth-order valence-electron chi connectivity index (χ4n) is 2.62. The summed E-state index contributed by atoms with van der Waals surface area (Å²) >= 11 is 0. The molecule has 0 aromatic heterocycles. The summed E-state index contributed by atoms with van der Waals surface area (Å²) < 4.78 is 26.6. The topological polar surface area (TPSA) is 78.8 Å². The van der Waals surface area contributed by atoms with E-state index in [0.717, 1.165) is 5.71 Å². The summed E-state index contributed by atoms with van der Waals surface area (Å²) in [5.74, 6) is -0.271. The molecule has 0 bridgehead atoms. The molecule has 6 nitrogen and oxygen atoms in total. The third-order valence-corrected chi connectivity index (χ3v) is 5.94. The van der Waals surface area contributed by atoms with E-state index in [1.54, 1.807) is 54.6 Å². The van der Waals surface area contributed by atoms with Gasteiger partial charge in [-0.1, -0.05) is 36.4 Å². The molecule has 1 fully saturated rings. The average Bonchev–Trinajstić information content (AvgIpc) is 2.68. The van der Waals surface area contributed by atoms with Crippen LogP contribution in [0.15, 0.2) is 70.7 Å². The first-order valence-corrected chi connectivity index (χ1v) is 9.47. The van der Waals surface area contributed by atoms with Crippen LogP contribution in [0.1, 0.15) is 23.2 Å². The molecule has 1 aliphatic rings. The van der Waals surface area contributed by atoms with Crippen molar-refractivity contribution < 1.29 is 13.2 Å². The zero-order valence-corrected chi connectivity index (χ0v) is 14.4. The Bertz CT molecular complexity index is 855. The van der Waals surface area contributed by atoms with Gasteiger partial charge in [0.05, 0.1) is 4.90 Å². The molecule has 0 atom stereocenters. The van der Waals surface area contributed by atoms with E-state index in [9.17, 15) is 13.2 Å². The van der Waals surface area contributed by atoms with Crippen LogP contribution in [0.3, 0.4) is 0 Å². The van der Waals surface area contributed by atoms with E-state index in [1.807, 2.05) is 6.07 Å². The van der Waals surface area contributed by atoms with Gasteiger partial charge in [0.1, 0.15) is 0 Å². The molecule has 1 aliphatic heterocycles. The third-order valence-electron chi connectivity index (χ3n) is 4.03. The first-order chi connectivity index (χ1) is 12.1. The number of hydrogen-bond donors (Lipinski definition) is 1. The van der Waals surface area contributed by atoms with Gasteiger partial charge in [-0.2, -0.15) is 9.41 Å². The van der Waals surface area contributed by atoms with Crippen molar-refractivity contribution >= 4 is 21.6 Å². The first kappa shape index (κ1) is 17.3. The van der Waals surface area contributed by atoms with E-state index < -0.39 is 10.0 Å². The molecule has 2 aromatic rings. The van der Waals surface area contributed by atoms with E-state index in [1.165, 1.54) is 4.31 Å². The van der Waals surface area contributed by atoms with Crippen LogP contribution < -0.4 is 5.43 Å². The SMILES string of the molecule is O=C(NN=C1CCN(S(=O)(=O)c2ccccc2)CC1)c1ccccc1. The van der Waals surface area contributed by atoms with Crippen LogP contribution in [-0.2, 0) is 10.0 Å². The highest BCUT2D eigenvalue weighted by Crippen LogP contribution is 2.19. The summed E-state index contributed by atoms with van der Waals surface area (Å²) in [6.07, 6.45) is 1.00. The van der Waals surface area contributed by atoms with Crippen molar-refractivity contribution in [2.24, 2.45) is 5.10 Å². The van der Waals surface area contributed by atoms with Gasteiger partial charge in [0.15, 0.2) is 0 Å². The highest BCUT2D eigenvalue weighted by atomic mass is 32.2. The number of nitrogens with one attached hydrogen (secondary N) is 1. The lowest BCUT2D eigenvalue weighted by Crippen LogP contribution is -2.39. The lowest BCUT2D eigenvalue weighted by molar-refractivity contribution is 0.0954. The molecule has 25 heavy (non-hydrogen) atoms. The van der Waals surface area contributed by atoms with Gasteiger partial charge in [-0.15, -0.1) is 0 Å². The largest absolute Gasteiger partial charge is 0.271 e. The van der Waals surface area contributed by atoms with Crippen molar-refractivity contribution in [1.29, 1.82) is 0 Å². The number of carbonyl (C=O) groups excluding carboxylic acids is 1. The predicted molar refractivity (Wildman–Crippen MR) is 95.8 cm³/mol. The number of amides is 1. The maximum atomic E-state index is 12.6. The molecule has 1 amide bonds. The van der Waals surface area contributed by atoms with Crippen LogP contribution in [0.4, 0.5) is 0 Å². The number of benzene rings is 2. The highest BCUT2D eigenvalue weighted by Gasteiger charge is 2.27. The van der Waals surface area contributed by atoms with E-state index in [4.69, 9.17) is 0 Å². The van der Waals surface area contributed by atoms with Crippen molar-refractivity contribution in [3.63, 3.8) is 0 Å². The summed E-state index contributed by atoms with van der Waals surface area (Å²) in [5, 5.41) is 4.14. The van der Waals surface area contributed by atoms with Crippen LogP contribution in [0, 0.1) is 0 Å². The molecule has 0 spiro atoms. The zero-order chi connectivity index (χ0) is 17.7. The number of sulfonamides is 1. The summed E-state index contributed by atoms with van der Waals surface area (Å²) in [5.41, 5.74) is 3.87. The summed E-state index contributed by atoms with van der Waals surface area (Å²) in [4.78, 5) is 12.3. The Morgan fingerprint density at radius 1 is 0.920 bits per heavy atom. The quantitative estimate of drug-likeness (QED) is 0.853. The van der Waals surface area contributed by atoms with Gasteiger partial charge in [-0.25, -0.2) is 13.8 Å². The Morgan fingerprint density at radius 3 is 2.08 bits per heavy atom. The molecule has 0 saturated carbocycles. The molecular weight excluding hydrogens is 338 g/mol. The summed E-state index contributed by atoms with van der Waals surface area (Å²) in [6.45, 7) is 0.717. The maximum Gasteiger partial charge on any atom is 0.271 e. The van der Waals surface area contributed by atoms with Crippen LogP contribution in [0.25, 0.3) is 0 Å². The van der Waals surface area contributed by atoms with Crippen molar-refractivity contribution in [2.75, 3.05) is 13.1 Å². The monoisotopic (exact) mass is 357 g/mol. The molecule has 1 saturated heterocycles. The normalized spacial score (nSPS) is 15.6. The molecule has 1 N–H and O–H groups in total. The molecule has 2 aromatic carbocycles. The highest BCUT2D eigenvalue weighted by molar-refractivity contribution is 7.89. The number of piperidine rings is 1. The van der Waals surface area contributed by atoms with Crippen LogP contribution in [0.5, 0.6) is 0 Å². The second-order valence-electron chi connectivity index (χ2n) is 5.70. The smallest absolute Gasteiger partial charge is 0.267 e. The second-order valence-corrected chi connectivity index (χ2v) is 7.64. The first-order valence-electron chi connectivity index (χ1n) is 8.03.